The average molecular weight is 295 g/mol. The number of piperidine rings is 1. The standard InChI is InChI=1S/C16H29N3O2/c1-21-15(20)16(17,13-5-6-13)12-18-10-7-14(11-18)19-8-3-2-4-9-19/h13-14H,2-12,17H2,1H3. The fourth-order valence-corrected chi connectivity index (χ4v) is 4.06. The smallest absolute Gasteiger partial charge is 0.327 e. The molecule has 5 nitrogen and oxygen atoms in total. The van der Waals surface area contributed by atoms with Gasteiger partial charge in [-0.1, -0.05) is 6.42 Å². The Bertz CT molecular complexity index is 380. The molecule has 120 valence electrons. The Morgan fingerprint density at radius 1 is 1.19 bits per heavy atom. The highest BCUT2D eigenvalue weighted by atomic mass is 16.5. The number of carbonyl (C=O) groups excluding carboxylic acids is 1. The molecule has 0 aromatic heterocycles. The first-order valence-corrected chi connectivity index (χ1v) is 8.47. The second-order valence-corrected chi connectivity index (χ2v) is 7.08. The number of carbonyl (C=O) groups is 1. The molecule has 3 fully saturated rings. The molecule has 1 saturated carbocycles. The van der Waals surface area contributed by atoms with Crippen LogP contribution in [0.15, 0.2) is 0 Å². The molecule has 3 rings (SSSR count). The van der Waals surface area contributed by atoms with Crippen molar-refractivity contribution in [2.24, 2.45) is 11.7 Å². The topological polar surface area (TPSA) is 58.8 Å². The minimum absolute atomic E-state index is 0.230. The number of esters is 1. The minimum Gasteiger partial charge on any atom is -0.468 e. The molecule has 0 aromatic carbocycles. The predicted molar refractivity (Wildman–Crippen MR) is 81.9 cm³/mol. The van der Waals surface area contributed by atoms with Crippen LogP contribution in [-0.4, -0.2) is 67.2 Å². The van der Waals surface area contributed by atoms with E-state index in [2.05, 4.69) is 9.80 Å². The Morgan fingerprint density at radius 3 is 2.52 bits per heavy atom. The summed E-state index contributed by atoms with van der Waals surface area (Å²) in [6.07, 6.45) is 7.39. The molecule has 2 N–H and O–H groups in total. The van der Waals surface area contributed by atoms with Crippen molar-refractivity contribution in [3.63, 3.8) is 0 Å². The van der Waals surface area contributed by atoms with Gasteiger partial charge in [-0.3, -0.25) is 14.6 Å². The first kappa shape index (κ1) is 15.3. The molecule has 2 saturated heterocycles. The van der Waals surface area contributed by atoms with Gasteiger partial charge in [-0.05, 0) is 57.7 Å². The van der Waals surface area contributed by atoms with Gasteiger partial charge >= 0.3 is 5.97 Å². The van der Waals surface area contributed by atoms with Crippen LogP contribution in [0.5, 0.6) is 0 Å². The zero-order valence-corrected chi connectivity index (χ0v) is 13.2. The number of likely N-dealkylation sites (tertiary alicyclic amines) is 2. The van der Waals surface area contributed by atoms with E-state index in [9.17, 15) is 4.79 Å². The number of methoxy groups -OCH3 is 1. The van der Waals surface area contributed by atoms with Crippen LogP contribution in [-0.2, 0) is 9.53 Å². The third kappa shape index (κ3) is 3.25. The molecule has 5 heteroatoms. The van der Waals surface area contributed by atoms with E-state index in [1.54, 1.807) is 0 Å². The fourth-order valence-electron chi connectivity index (χ4n) is 4.06. The van der Waals surface area contributed by atoms with E-state index in [1.165, 1.54) is 45.9 Å². The summed E-state index contributed by atoms with van der Waals surface area (Å²) in [7, 11) is 1.45. The summed E-state index contributed by atoms with van der Waals surface area (Å²) in [6.45, 7) is 5.26. The van der Waals surface area contributed by atoms with E-state index >= 15 is 0 Å². The molecule has 0 radical (unpaired) electrons. The minimum atomic E-state index is -0.786. The predicted octanol–water partition coefficient (Wildman–Crippen LogP) is 0.827. The number of nitrogens with zero attached hydrogens (tertiary/aromatic N) is 2. The lowest BCUT2D eigenvalue weighted by Gasteiger charge is -2.34. The van der Waals surface area contributed by atoms with Crippen molar-refractivity contribution >= 4 is 5.97 Å². The van der Waals surface area contributed by atoms with Crippen LogP contribution in [0.25, 0.3) is 0 Å². The van der Waals surface area contributed by atoms with Crippen LogP contribution in [0.4, 0.5) is 0 Å². The molecule has 2 atom stereocenters. The van der Waals surface area contributed by atoms with E-state index in [4.69, 9.17) is 10.5 Å². The van der Waals surface area contributed by atoms with Crippen molar-refractivity contribution < 1.29 is 9.53 Å². The normalized spacial score (nSPS) is 31.0. The molecule has 3 aliphatic rings. The molecule has 21 heavy (non-hydrogen) atoms. The maximum absolute atomic E-state index is 12.1. The van der Waals surface area contributed by atoms with Gasteiger partial charge in [0.1, 0.15) is 5.54 Å². The second kappa shape index (κ2) is 6.23. The Labute approximate surface area is 127 Å². The molecule has 0 aromatic rings. The molecule has 0 bridgehead atoms. The van der Waals surface area contributed by atoms with Crippen molar-refractivity contribution in [3.8, 4) is 0 Å². The highest BCUT2D eigenvalue weighted by Crippen LogP contribution is 2.40. The van der Waals surface area contributed by atoms with Crippen LogP contribution in [0.1, 0.15) is 38.5 Å². The van der Waals surface area contributed by atoms with Gasteiger partial charge in [0.15, 0.2) is 0 Å². The molecular weight excluding hydrogens is 266 g/mol. The molecule has 2 unspecified atom stereocenters. The van der Waals surface area contributed by atoms with Gasteiger partial charge in [-0.15, -0.1) is 0 Å². The third-order valence-corrected chi connectivity index (χ3v) is 5.51. The maximum Gasteiger partial charge on any atom is 0.327 e. The summed E-state index contributed by atoms with van der Waals surface area (Å²) in [5.41, 5.74) is 5.65. The average Bonchev–Trinajstić information content (AvgIpc) is 3.28. The van der Waals surface area contributed by atoms with E-state index < -0.39 is 5.54 Å². The summed E-state index contributed by atoms with van der Waals surface area (Å²) in [4.78, 5) is 17.1. The maximum atomic E-state index is 12.1. The number of hydrogen-bond donors (Lipinski definition) is 1. The SMILES string of the molecule is COC(=O)C(N)(CN1CCC(N2CCCCC2)C1)C1CC1. The zero-order chi connectivity index (χ0) is 14.9. The monoisotopic (exact) mass is 295 g/mol. The Balaban J connectivity index is 1.56. The third-order valence-electron chi connectivity index (χ3n) is 5.51. The zero-order valence-electron chi connectivity index (χ0n) is 13.2. The molecule has 2 heterocycles. The molecule has 0 amide bonds. The van der Waals surface area contributed by atoms with Crippen LogP contribution in [0, 0.1) is 5.92 Å². The van der Waals surface area contributed by atoms with E-state index in [0.29, 0.717) is 18.5 Å². The number of ether oxygens (including phenoxy) is 1. The van der Waals surface area contributed by atoms with Gasteiger partial charge < -0.3 is 10.5 Å². The van der Waals surface area contributed by atoms with E-state index in [-0.39, 0.29) is 5.97 Å². The first-order chi connectivity index (χ1) is 10.1. The van der Waals surface area contributed by atoms with Crippen molar-refractivity contribution in [2.45, 2.75) is 50.1 Å². The quantitative estimate of drug-likeness (QED) is 0.761. The van der Waals surface area contributed by atoms with Crippen molar-refractivity contribution in [1.29, 1.82) is 0 Å². The summed E-state index contributed by atoms with van der Waals surface area (Å²) in [5, 5.41) is 0. The number of rotatable bonds is 5. The largest absolute Gasteiger partial charge is 0.468 e. The molecule has 2 aliphatic heterocycles. The Kier molecular flexibility index (Phi) is 4.52. The molecule has 0 spiro atoms. The van der Waals surface area contributed by atoms with E-state index in [1.807, 2.05) is 0 Å². The lowest BCUT2D eigenvalue weighted by atomic mass is 9.94. The Hall–Kier alpha value is -0.650. The van der Waals surface area contributed by atoms with E-state index in [0.717, 1.165) is 25.9 Å². The van der Waals surface area contributed by atoms with Gasteiger partial charge in [0.2, 0.25) is 0 Å². The highest BCUT2D eigenvalue weighted by Gasteiger charge is 2.50. The summed E-state index contributed by atoms with van der Waals surface area (Å²) in [5.74, 6) is 0.0883. The van der Waals surface area contributed by atoms with Crippen molar-refractivity contribution in [1.82, 2.24) is 9.80 Å². The van der Waals surface area contributed by atoms with Crippen molar-refractivity contribution in [2.75, 3.05) is 39.8 Å². The molecular formula is C16H29N3O2. The van der Waals surface area contributed by atoms with Gasteiger partial charge in [-0.25, -0.2) is 0 Å². The van der Waals surface area contributed by atoms with Gasteiger partial charge in [0.05, 0.1) is 7.11 Å². The van der Waals surface area contributed by atoms with Gasteiger partial charge in [0, 0.05) is 19.1 Å². The van der Waals surface area contributed by atoms with Crippen LogP contribution in [0.3, 0.4) is 0 Å². The van der Waals surface area contributed by atoms with Crippen LogP contribution < -0.4 is 5.73 Å². The number of hydrogen-bond acceptors (Lipinski definition) is 5. The first-order valence-electron chi connectivity index (χ1n) is 8.47. The fraction of sp³-hybridized carbons (Fsp3) is 0.938. The lowest BCUT2D eigenvalue weighted by Crippen LogP contribution is -2.58. The second-order valence-electron chi connectivity index (χ2n) is 7.08. The Morgan fingerprint density at radius 2 is 1.90 bits per heavy atom. The highest BCUT2D eigenvalue weighted by molar-refractivity contribution is 5.81. The van der Waals surface area contributed by atoms with Gasteiger partial charge in [-0.2, -0.15) is 0 Å². The van der Waals surface area contributed by atoms with Gasteiger partial charge in [0.25, 0.3) is 0 Å². The lowest BCUT2D eigenvalue weighted by molar-refractivity contribution is -0.148. The van der Waals surface area contributed by atoms with Crippen molar-refractivity contribution in [3.05, 3.63) is 0 Å². The molecule has 1 aliphatic carbocycles. The summed E-state index contributed by atoms with van der Waals surface area (Å²) >= 11 is 0. The van der Waals surface area contributed by atoms with Crippen LogP contribution >= 0.6 is 0 Å². The summed E-state index contributed by atoms with van der Waals surface area (Å²) < 4.78 is 4.97. The summed E-state index contributed by atoms with van der Waals surface area (Å²) in [6, 6.07) is 0.659. The van der Waals surface area contributed by atoms with Crippen LogP contribution in [0.2, 0.25) is 0 Å². The number of nitrogens with two attached hydrogens (primary N) is 1.